The van der Waals surface area contributed by atoms with E-state index in [9.17, 15) is 14.4 Å². The molecule has 1 rings (SSSR count). The van der Waals surface area contributed by atoms with Crippen molar-refractivity contribution < 1.29 is 19.5 Å². The van der Waals surface area contributed by atoms with Crippen LogP contribution in [0.1, 0.15) is 29.6 Å². The Hall–Kier alpha value is -2.08. The highest BCUT2D eigenvalue weighted by Crippen LogP contribution is 2.09. The van der Waals surface area contributed by atoms with Gasteiger partial charge in [-0.2, -0.15) is 0 Å². The van der Waals surface area contributed by atoms with E-state index in [1.165, 1.54) is 0 Å². The van der Waals surface area contributed by atoms with Gasteiger partial charge in [-0.3, -0.25) is 14.4 Å². The highest BCUT2D eigenvalue weighted by atomic mass is 35.5. The van der Waals surface area contributed by atoms with Crippen LogP contribution in [0.4, 0.5) is 0 Å². The first kappa shape index (κ1) is 17.0. The van der Waals surface area contributed by atoms with Crippen LogP contribution in [0, 0.1) is 0 Å². The Morgan fingerprint density at radius 2 is 1.67 bits per heavy atom. The van der Waals surface area contributed by atoms with Crippen LogP contribution in [0.15, 0.2) is 24.3 Å². The van der Waals surface area contributed by atoms with Crippen molar-refractivity contribution in [2.45, 2.75) is 19.3 Å². The zero-order chi connectivity index (χ0) is 15.7. The minimum atomic E-state index is -0.889. The van der Waals surface area contributed by atoms with Crippen molar-refractivity contribution in [3.05, 3.63) is 34.9 Å². The van der Waals surface area contributed by atoms with Crippen LogP contribution in [0.3, 0.4) is 0 Å². The fraction of sp³-hybridized carbons (Fsp3) is 0.357. The summed E-state index contributed by atoms with van der Waals surface area (Å²) in [6.45, 7) is 0.530. The van der Waals surface area contributed by atoms with Crippen molar-refractivity contribution in [2.24, 2.45) is 0 Å². The molecule has 0 aliphatic heterocycles. The van der Waals surface area contributed by atoms with E-state index >= 15 is 0 Å². The summed E-state index contributed by atoms with van der Waals surface area (Å²) < 4.78 is 0. The molecule has 21 heavy (non-hydrogen) atoms. The summed E-state index contributed by atoms with van der Waals surface area (Å²) >= 11 is 5.72. The number of carbonyl (C=O) groups is 3. The van der Waals surface area contributed by atoms with Gasteiger partial charge in [0.25, 0.3) is 5.91 Å². The Kier molecular flexibility index (Phi) is 7.25. The number of hydrogen-bond donors (Lipinski definition) is 3. The highest BCUT2D eigenvalue weighted by Gasteiger charge is 2.06. The molecule has 0 spiro atoms. The molecule has 0 heterocycles. The summed E-state index contributed by atoms with van der Waals surface area (Å²) in [5.74, 6) is -1.39. The second-order valence-electron chi connectivity index (χ2n) is 4.36. The van der Waals surface area contributed by atoms with Gasteiger partial charge >= 0.3 is 5.97 Å². The normalized spacial score (nSPS) is 9.95. The first-order valence-corrected chi connectivity index (χ1v) is 6.89. The fourth-order valence-corrected chi connectivity index (χ4v) is 1.67. The lowest BCUT2D eigenvalue weighted by atomic mass is 10.2. The van der Waals surface area contributed by atoms with Gasteiger partial charge in [-0.15, -0.1) is 0 Å². The van der Waals surface area contributed by atoms with Gasteiger partial charge in [0.1, 0.15) is 0 Å². The van der Waals surface area contributed by atoms with Crippen molar-refractivity contribution >= 4 is 29.4 Å². The molecular weight excluding hydrogens is 296 g/mol. The fourth-order valence-electron chi connectivity index (χ4n) is 1.55. The Bertz CT molecular complexity index is 502. The van der Waals surface area contributed by atoms with Crippen molar-refractivity contribution in [3.63, 3.8) is 0 Å². The van der Waals surface area contributed by atoms with Crippen LogP contribution in [0.25, 0.3) is 0 Å². The highest BCUT2D eigenvalue weighted by molar-refractivity contribution is 6.30. The van der Waals surface area contributed by atoms with E-state index in [1.54, 1.807) is 24.3 Å². The van der Waals surface area contributed by atoms with Gasteiger partial charge in [-0.25, -0.2) is 0 Å². The molecule has 3 N–H and O–H groups in total. The molecule has 0 bridgehead atoms. The van der Waals surface area contributed by atoms with E-state index < -0.39 is 5.97 Å². The number of nitrogens with one attached hydrogen (secondary N) is 2. The number of benzene rings is 1. The zero-order valence-corrected chi connectivity index (χ0v) is 12.2. The molecule has 0 saturated heterocycles. The molecule has 0 saturated carbocycles. The number of carbonyl (C=O) groups excluding carboxylic acids is 2. The van der Waals surface area contributed by atoms with E-state index in [0.29, 0.717) is 23.6 Å². The molecule has 0 aliphatic carbocycles. The number of halogens is 1. The predicted octanol–water partition coefficient (Wildman–Crippen LogP) is 1.44. The first-order valence-electron chi connectivity index (χ1n) is 6.51. The number of hydrogen-bond acceptors (Lipinski definition) is 3. The SMILES string of the molecule is O=C(O)CCCNC(=O)CCNC(=O)c1ccc(Cl)cc1. The number of carboxylic acids is 1. The van der Waals surface area contributed by atoms with Crippen molar-refractivity contribution in [1.29, 1.82) is 0 Å². The maximum atomic E-state index is 11.7. The molecule has 7 heteroatoms. The van der Waals surface area contributed by atoms with Crippen LogP contribution in [0.2, 0.25) is 5.02 Å². The predicted molar refractivity (Wildman–Crippen MR) is 78.3 cm³/mol. The monoisotopic (exact) mass is 312 g/mol. The van der Waals surface area contributed by atoms with Gasteiger partial charge < -0.3 is 15.7 Å². The van der Waals surface area contributed by atoms with Gasteiger partial charge in [0.05, 0.1) is 0 Å². The quantitative estimate of drug-likeness (QED) is 0.633. The molecule has 114 valence electrons. The summed E-state index contributed by atoms with van der Waals surface area (Å²) in [7, 11) is 0. The van der Waals surface area contributed by atoms with E-state index in [0.717, 1.165) is 0 Å². The zero-order valence-electron chi connectivity index (χ0n) is 11.4. The van der Waals surface area contributed by atoms with Gasteiger partial charge in [0.15, 0.2) is 0 Å². The molecule has 2 amide bonds. The van der Waals surface area contributed by atoms with Crippen LogP contribution in [0.5, 0.6) is 0 Å². The van der Waals surface area contributed by atoms with Crippen molar-refractivity contribution in [1.82, 2.24) is 10.6 Å². The average Bonchev–Trinajstić information content (AvgIpc) is 2.44. The molecule has 0 atom stereocenters. The molecule has 1 aromatic carbocycles. The van der Waals surface area contributed by atoms with Crippen LogP contribution in [-0.2, 0) is 9.59 Å². The van der Waals surface area contributed by atoms with E-state index in [2.05, 4.69) is 10.6 Å². The Morgan fingerprint density at radius 1 is 1.00 bits per heavy atom. The second kappa shape index (κ2) is 8.97. The third-order valence-corrected chi connectivity index (χ3v) is 2.89. The van der Waals surface area contributed by atoms with Gasteiger partial charge in [-0.05, 0) is 30.7 Å². The van der Waals surface area contributed by atoms with Gasteiger partial charge in [0, 0.05) is 36.5 Å². The Labute approximate surface area is 127 Å². The van der Waals surface area contributed by atoms with Crippen LogP contribution in [-0.4, -0.2) is 36.0 Å². The standard InChI is InChI=1S/C14H17ClN2O4/c15-11-5-3-10(4-6-11)14(21)17-9-7-12(18)16-8-1-2-13(19)20/h3-6H,1-2,7-9H2,(H,16,18)(H,17,21)(H,19,20). The molecule has 0 radical (unpaired) electrons. The summed E-state index contributed by atoms with van der Waals surface area (Å²) in [5.41, 5.74) is 0.473. The maximum absolute atomic E-state index is 11.7. The lowest BCUT2D eigenvalue weighted by Crippen LogP contribution is -2.31. The third kappa shape index (κ3) is 7.31. The Balaban J connectivity index is 2.17. The topological polar surface area (TPSA) is 95.5 Å². The minimum absolute atomic E-state index is 0.0214. The second-order valence-corrected chi connectivity index (χ2v) is 4.80. The van der Waals surface area contributed by atoms with E-state index in [-0.39, 0.29) is 31.2 Å². The molecule has 0 aromatic heterocycles. The third-order valence-electron chi connectivity index (χ3n) is 2.63. The largest absolute Gasteiger partial charge is 0.481 e. The van der Waals surface area contributed by atoms with E-state index in [4.69, 9.17) is 16.7 Å². The molecule has 0 unspecified atom stereocenters. The molecular formula is C14H17ClN2O4. The lowest BCUT2D eigenvalue weighted by molar-refractivity contribution is -0.137. The Morgan fingerprint density at radius 3 is 2.29 bits per heavy atom. The summed E-state index contributed by atoms with van der Waals surface area (Å²) in [4.78, 5) is 33.4. The number of aliphatic carboxylic acids is 1. The minimum Gasteiger partial charge on any atom is -0.481 e. The molecule has 6 nitrogen and oxygen atoms in total. The lowest BCUT2D eigenvalue weighted by Gasteiger charge is -2.06. The number of rotatable bonds is 8. The number of carboxylic acid groups (broad SMARTS) is 1. The smallest absolute Gasteiger partial charge is 0.303 e. The first-order chi connectivity index (χ1) is 9.99. The summed E-state index contributed by atoms with van der Waals surface area (Å²) in [6.07, 6.45) is 0.554. The molecule has 0 fully saturated rings. The molecule has 1 aromatic rings. The average molecular weight is 313 g/mol. The van der Waals surface area contributed by atoms with Crippen molar-refractivity contribution in [3.8, 4) is 0 Å². The molecule has 0 aliphatic rings. The van der Waals surface area contributed by atoms with Gasteiger partial charge in [-0.1, -0.05) is 11.6 Å². The summed E-state index contributed by atoms with van der Waals surface area (Å²) in [6, 6.07) is 6.44. The van der Waals surface area contributed by atoms with E-state index in [1.807, 2.05) is 0 Å². The van der Waals surface area contributed by atoms with Crippen LogP contribution >= 0.6 is 11.6 Å². The van der Waals surface area contributed by atoms with Crippen LogP contribution < -0.4 is 10.6 Å². The summed E-state index contributed by atoms with van der Waals surface area (Å²) in [5, 5.41) is 14.2. The maximum Gasteiger partial charge on any atom is 0.303 e. The van der Waals surface area contributed by atoms with Gasteiger partial charge in [0.2, 0.25) is 5.91 Å². The van der Waals surface area contributed by atoms with Crippen molar-refractivity contribution in [2.75, 3.05) is 13.1 Å². The number of amides is 2.